The molecule has 0 saturated carbocycles. The van der Waals surface area contributed by atoms with Crippen LogP contribution in [0.4, 0.5) is 17.3 Å². The molecule has 3 N–H and O–H groups in total. The fraction of sp³-hybridized carbons (Fsp3) is 0.250. The summed E-state index contributed by atoms with van der Waals surface area (Å²) in [5.41, 5.74) is 4.64. The summed E-state index contributed by atoms with van der Waals surface area (Å²) >= 11 is 6.09. The molecule has 0 atom stereocenters. The van der Waals surface area contributed by atoms with Gasteiger partial charge in [0.25, 0.3) is 6.47 Å². The molecule has 1 aliphatic rings. The number of carboxylic acid groups (broad SMARTS) is 1. The molecule has 5 aromatic rings. The summed E-state index contributed by atoms with van der Waals surface area (Å²) < 4.78 is 3.66. The molecule has 0 unspecified atom stereocenters. The molecule has 6 rings (SSSR count). The number of aliphatic hydroxyl groups is 1. The number of nitrogens with zero attached hydrogens (tertiary/aromatic N) is 7. The van der Waals surface area contributed by atoms with Gasteiger partial charge in [-0.2, -0.15) is 10.1 Å². The van der Waals surface area contributed by atoms with Crippen molar-refractivity contribution in [1.29, 1.82) is 0 Å². The first-order valence-corrected chi connectivity index (χ1v) is 13.1. The van der Waals surface area contributed by atoms with Crippen LogP contribution in [0.5, 0.6) is 0 Å². The van der Waals surface area contributed by atoms with E-state index >= 15 is 0 Å². The van der Waals surface area contributed by atoms with Crippen LogP contribution in [0.3, 0.4) is 0 Å². The Hall–Kier alpha value is -4.48. The molecule has 0 amide bonds. The maximum absolute atomic E-state index is 10.3. The molecule has 206 valence electrons. The van der Waals surface area contributed by atoms with Crippen LogP contribution in [0.2, 0.25) is 5.02 Å². The van der Waals surface area contributed by atoms with Gasteiger partial charge in [0.05, 0.1) is 30.7 Å². The number of pyridine rings is 2. The summed E-state index contributed by atoms with van der Waals surface area (Å²) in [6.45, 7) is 2.13. The summed E-state index contributed by atoms with van der Waals surface area (Å²) in [6.07, 6.45) is 10.8. The zero-order valence-corrected chi connectivity index (χ0v) is 22.4. The average Bonchev–Trinajstić information content (AvgIpc) is 3.60. The van der Waals surface area contributed by atoms with Gasteiger partial charge < -0.3 is 20.4 Å². The van der Waals surface area contributed by atoms with Crippen molar-refractivity contribution < 1.29 is 15.0 Å². The van der Waals surface area contributed by atoms with Gasteiger partial charge in [-0.25, -0.2) is 4.52 Å². The highest BCUT2D eigenvalue weighted by molar-refractivity contribution is 6.30. The Morgan fingerprint density at radius 1 is 1.07 bits per heavy atom. The van der Waals surface area contributed by atoms with E-state index in [9.17, 15) is 5.11 Å². The monoisotopic (exact) mass is 560 g/mol. The van der Waals surface area contributed by atoms with E-state index in [1.54, 1.807) is 23.1 Å². The van der Waals surface area contributed by atoms with Crippen LogP contribution in [0.1, 0.15) is 24.0 Å². The highest BCUT2D eigenvalue weighted by Crippen LogP contribution is 2.38. The largest absolute Gasteiger partial charge is 0.483 e. The van der Waals surface area contributed by atoms with Gasteiger partial charge in [0.2, 0.25) is 5.95 Å². The standard InChI is InChI=1S/C27H27ClN8O.CH2O2/c28-22-5-3-21(4-6-22)27(19-37)9-14-34(15-10-27)24-2-1-13-36-25(24)32-26(33-36)31-23-16-30-35(18-23)17-20-7-11-29-12-8-20;2-1-3/h1-8,11-13,16,18,37H,9-10,14-15,17,19H2,(H,31,33);1H,(H,2,3). The van der Waals surface area contributed by atoms with Crippen LogP contribution in [0.25, 0.3) is 5.65 Å². The van der Waals surface area contributed by atoms with Crippen LogP contribution in [-0.2, 0) is 16.8 Å². The number of nitrogens with one attached hydrogen (secondary N) is 1. The summed E-state index contributed by atoms with van der Waals surface area (Å²) in [5, 5.41) is 30.3. The number of rotatable bonds is 7. The molecule has 0 bridgehead atoms. The quantitative estimate of drug-likeness (QED) is 0.252. The average molecular weight is 561 g/mol. The Morgan fingerprint density at radius 3 is 2.50 bits per heavy atom. The van der Waals surface area contributed by atoms with Gasteiger partial charge in [0.1, 0.15) is 0 Å². The molecule has 0 spiro atoms. The molecule has 40 heavy (non-hydrogen) atoms. The molecule has 1 saturated heterocycles. The first kappa shape index (κ1) is 27.1. The lowest BCUT2D eigenvalue weighted by molar-refractivity contribution is -0.122. The highest BCUT2D eigenvalue weighted by atomic mass is 35.5. The van der Waals surface area contributed by atoms with Crippen molar-refractivity contribution in [3.63, 3.8) is 0 Å². The number of fused-ring (bicyclic) bond motifs is 1. The van der Waals surface area contributed by atoms with E-state index in [2.05, 4.69) is 31.5 Å². The maximum atomic E-state index is 10.3. The van der Waals surface area contributed by atoms with E-state index in [1.807, 2.05) is 59.5 Å². The van der Waals surface area contributed by atoms with Gasteiger partial charge in [-0.1, -0.05) is 23.7 Å². The molecule has 1 fully saturated rings. The van der Waals surface area contributed by atoms with Crippen LogP contribution in [-0.4, -0.2) is 65.7 Å². The van der Waals surface area contributed by atoms with E-state index in [0.29, 0.717) is 17.5 Å². The number of piperidine rings is 1. The van der Waals surface area contributed by atoms with Crippen molar-refractivity contribution in [2.75, 3.05) is 29.9 Å². The van der Waals surface area contributed by atoms with Crippen molar-refractivity contribution in [3.8, 4) is 0 Å². The molecule has 1 aromatic carbocycles. The predicted molar refractivity (Wildman–Crippen MR) is 152 cm³/mol. The normalized spacial score (nSPS) is 14.4. The first-order valence-electron chi connectivity index (χ1n) is 12.8. The van der Waals surface area contributed by atoms with Crippen molar-refractivity contribution in [1.82, 2.24) is 29.4 Å². The number of aromatic nitrogens is 6. The van der Waals surface area contributed by atoms with Gasteiger partial charge in [-0.3, -0.25) is 14.5 Å². The van der Waals surface area contributed by atoms with Crippen LogP contribution in [0.15, 0.2) is 79.5 Å². The van der Waals surface area contributed by atoms with E-state index in [1.165, 1.54) is 0 Å². The van der Waals surface area contributed by atoms with Crippen molar-refractivity contribution in [2.45, 2.75) is 24.8 Å². The molecule has 11 nitrogen and oxygen atoms in total. The second-order valence-corrected chi connectivity index (χ2v) is 9.98. The zero-order valence-electron chi connectivity index (χ0n) is 21.6. The molecule has 0 aliphatic carbocycles. The lowest BCUT2D eigenvalue weighted by Gasteiger charge is -2.42. The molecule has 0 radical (unpaired) electrons. The topological polar surface area (TPSA) is 134 Å². The number of aliphatic hydroxyl groups excluding tert-OH is 1. The zero-order chi connectivity index (χ0) is 28.0. The van der Waals surface area contributed by atoms with E-state index < -0.39 is 0 Å². The minimum Gasteiger partial charge on any atom is -0.483 e. The van der Waals surface area contributed by atoms with Gasteiger partial charge in [0, 0.05) is 48.3 Å². The number of anilines is 3. The minimum atomic E-state index is -0.261. The number of benzene rings is 1. The lowest BCUT2D eigenvalue weighted by atomic mass is 9.73. The van der Waals surface area contributed by atoms with Gasteiger partial charge in [0.15, 0.2) is 5.65 Å². The molecular weight excluding hydrogens is 532 g/mol. The van der Waals surface area contributed by atoms with E-state index in [-0.39, 0.29) is 18.5 Å². The lowest BCUT2D eigenvalue weighted by Crippen LogP contribution is -2.45. The smallest absolute Gasteiger partial charge is 0.290 e. The number of carbonyl (C=O) groups is 1. The van der Waals surface area contributed by atoms with Gasteiger partial charge >= 0.3 is 0 Å². The predicted octanol–water partition coefficient (Wildman–Crippen LogP) is 4.00. The Labute approximate surface area is 235 Å². The van der Waals surface area contributed by atoms with E-state index in [0.717, 1.165) is 54.1 Å². The van der Waals surface area contributed by atoms with Crippen LogP contribution in [0, 0.1) is 0 Å². The van der Waals surface area contributed by atoms with Crippen molar-refractivity contribution in [2.24, 2.45) is 0 Å². The molecular formula is C28H29ClN8O3. The second kappa shape index (κ2) is 12.1. The number of halogens is 1. The van der Waals surface area contributed by atoms with Crippen molar-refractivity contribution >= 4 is 41.0 Å². The summed E-state index contributed by atoms with van der Waals surface area (Å²) in [5.74, 6) is 0.513. The Bertz CT molecular complexity index is 1550. The third-order valence-corrected chi connectivity index (χ3v) is 7.40. The summed E-state index contributed by atoms with van der Waals surface area (Å²) in [7, 11) is 0. The first-order chi connectivity index (χ1) is 19.5. The SMILES string of the molecule is O=CO.OCC1(c2ccc(Cl)cc2)CCN(c2cccn3nc(Nc4cnn(Cc5ccncc5)c4)nc23)CC1. The van der Waals surface area contributed by atoms with Gasteiger partial charge in [-0.15, -0.1) is 5.10 Å². The summed E-state index contributed by atoms with van der Waals surface area (Å²) in [4.78, 5) is 19.5. The Kier molecular flexibility index (Phi) is 8.23. The number of hydrogen-bond acceptors (Lipinski definition) is 8. The van der Waals surface area contributed by atoms with Crippen molar-refractivity contribution in [3.05, 3.63) is 95.7 Å². The maximum Gasteiger partial charge on any atom is 0.290 e. The van der Waals surface area contributed by atoms with Crippen LogP contribution < -0.4 is 10.2 Å². The Balaban J connectivity index is 0.00000103. The third kappa shape index (κ3) is 5.90. The van der Waals surface area contributed by atoms with Crippen LogP contribution >= 0.6 is 11.6 Å². The number of hydrogen-bond donors (Lipinski definition) is 3. The molecule has 5 heterocycles. The Morgan fingerprint density at radius 2 is 1.80 bits per heavy atom. The minimum absolute atomic E-state index is 0.112. The molecule has 12 heteroatoms. The van der Waals surface area contributed by atoms with Gasteiger partial charge in [-0.05, 0) is 60.4 Å². The molecule has 4 aromatic heterocycles. The second-order valence-electron chi connectivity index (χ2n) is 9.54. The fourth-order valence-corrected chi connectivity index (χ4v) is 5.15. The third-order valence-electron chi connectivity index (χ3n) is 7.15. The summed E-state index contributed by atoms with van der Waals surface area (Å²) in [6, 6.07) is 15.9. The molecule has 1 aliphatic heterocycles. The fourth-order valence-electron chi connectivity index (χ4n) is 5.03. The highest BCUT2D eigenvalue weighted by Gasteiger charge is 2.36. The van der Waals surface area contributed by atoms with E-state index in [4.69, 9.17) is 26.5 Å².